The number of aromatic nitrogens is 1. The Morgan fingerprint density at radius 2 is 2.00 bits per heavy atom. The Balaban J connectivity index is 2.43. The molecule has 1 aromatic heterocycles. The lowest BCUT2D eigenvalue weighted by Crippen LogP contribution is -2.21. The summed E-state index contributed by atoms with van der Waals surface area (Å²) in [5, 5.41) is 0.845. The fourth-order valence-electron chi connectivity index (χ4n) is 1.66. The van der Waals surface area contributed by atoms with Crippen molar-refractivity contribution in [1.82, 2.24) is 9.88 Å². The SMILES string of the molecule is COCc1nc(-c2ccccc2)sc1C(=O)N(C)C. The maximum atomic E-state index is 12.1. The van der Waals surface area contributed by atoms with E-state index in [1.54, 1.807) is 26.1 Å². The Bertz CT molecular complexity index is 564. The summed E-state index contributed by atoms with van der Waals surface area (Å²) >= 11 is 1.41. The zero-order chi connectivity index (χ0) is 13.8. The minimum atomic E-state index is -0.0354. The molecule has 0 aliphatic rings. The van der Waals surface area contributed by atoms with E-state index in [2.05, 4.69) is 4.98 Å². The Morgan fingerprint density at radius 1 is 1.32 bits per heavy atom. The lowest BCUT2D eigenvalue weighted by atomic mass is 10.2. The second-order valence-electron chi connectivity index (χ2n) is 4.29. The number of methoxy groups -OCH3 is 1. The van der Waals surface area contributed by atoms with Gasteiger partial charge >= 0.3 is 0 Å². The van der Waals surface area contributed by atoms with Crippen LogP contribution in [0, 0.1) is 0 Å². The third-order valence-corrected chi connectivity index (χ3v) is 3.73. The van der Waals surface area contributed by atoms with Crippen LogP contribution in [-0.4, -0.2) is 37.0 Å². The predicted molar refractivity (Wildman–Crippen MR) is 76.3 cm³/mol. The van der Waals surface area contributed by atoms with Crippen molar-refractivity contribution in [2.45, 2.75) is 6.61 Å². The zero-order valence-electron chi connectivity index (χ0n) is 11.2. The van der Waals surface area contributed by atoms with Crippen LogP contribution in [0.25, 0.3) is 10.6 Å². The first-order valence-corrected chi connectivity index (χ1v) is 6.71. The Labute approximate surface area is 116 Å². The standard InChI is InChI=1S/C14H16N2O2S/c1-16(2)14(17)12-11(9-18-3)15-13(19-12)10-7-5-4-6-8-10/h4-8H,9H2,1-3H3. The van der Waals surface area contributed by atoms with Crippen LogP contribution in [0.2, 0.25) is 0 Å². The molecule has 1 heterocycles. The smallest absolute Gasteiger partial charge is 0.265 e. The molecular weight excluding hydrogens is 260 g/mol. The molecule has 0 spiro atoms. The van der Waals surface area contributed by atoms with Crippen molar-refractivity contribution < 1.29 is 9.53 Å². The van der Waals surface area contributed by atoms with Crippen LogP contribution in [0.1, 0.15) is 15.4 Å². The van der Waals surface area contributed by atoms with E-state index in [0.29, 0.717) is 17.2 Å². The number of ether oxygens (including phenoxy) is 1. The van der Waals surface area contributed by atoms with Crippen LogP contribution in [0.3, 0.4) is 0 Å². The molecule has 1 amide bonds. The molecule has 0 saturated carbocycles. The number of benzene rings is 1. The lowest BCUT2D eigenvalue weighted by Gasteiger charge is -2.08. The average molecular weight is 276 g/mol. The molecule has 100 valence electrons. The Kier molecular flexibility index (Phi) is 4.29. The van der Waals surface area contributed by atoms with Gasteiger partial charge in [-0.15, -0.1) is 11.3 Å². The van der Waals surface area contributed by atoms with Gasteiger partial charge in [-0.3, -0.25) is 4.79 Å². The molecule has 1 aromatic carbocycles. The molecule has 0 N–H and O–H groups in total. The highest BCUT2D eigenvalue weighted by atomic mass is 32.1. The normalized spacial score (nSPS) is 10.5. The molecule has 0 unspecified atom stereocenters. The summed E-state index contributed by atoms with van der Waals surface area (Å²) in [6.45, 7) is 0.345. The van der Waals surface area contributed by atoms with Crippen LogP contribution in [0.5, 0.6) is 0 Å². The Morgan fingerprint density at radius 3 is 2.58 bits per heavy atom. The summed E-state index contributed by atoms with van der Waals surface area (Å²) in [6.07, 6.45) is 0. The molecule has 19 heavy (non-hydrogen) atoms. The average Bonchev–Trinajstić information content (AvgIpc) is 2.83. The maximum absolute atomic E-state index is 12.1. The molecule has 2 aromatic rings. The molecule has 0 bridgehead atoms. The monoisotopic (exact) mass is 276 g/mol. The highest BCUT2D eigenvalue weighted by molar-refractivity contribution is 7.17. The predicted octanol–water partition coefficient (Wildman–Crippen LogP) is 2.66. The van der Waals surface area contributed by atoms with Crippen LogP contribution in [-0.2, 0) is 11.3 Å². The van der Waals surface area contributed by atoms with Crippen molar-refractivity contribution in [1.29, 1.82) is 0 Å². The topological polar surface area (TPSA) is 42.4 Å². The first kappa shape index (κ1) is 13.7. The summed E-state index contributed by atoms with van der Waals surface area (Å²) < 4.78 is 5.12. The largest absolute Gasteiger partial charge is 0.378 e. The van der Waals surface area contributed by atoms with Gasteiger partial charge in [-0.1, -0.05) is 30.3 Å². The molecule has 2 rings (SSSR count). The summed E-state index contributed by atoms with van der Waals surface area (Å²) in [7, 11) is 5.08. The van der Waals surface area contributed by atoms with Crippen molar-refractivity contribution in [3.8, 4) is 10.6 Å². The number of rotatable bonds is 4. The molecule has 5 heteroatoms. The highest BCUT2D eigenvalue weighted by Gasteiger charge is 2.19. The number of nitrogens with zero attached hydrogens (tertiary/aromatic N) is 2. The van der Waals surface area contributed by atoms with Gasteiger partial charge in [-0.2, -0.15) is 0 Å². The highest BCUT2D eigenvalue weighted by Crippen LogP contribution is 2.29. The van der Waals surface area contributed by atoms with Crippen LogP contribution in [0.15, 0.2) is 30.3 Å². The van der Waals surface area contributed by atoms with Gasteiger partial charge in [0.2, 0.25) is 0 Å². The number of hydrogen-bond acceptors (Lipinski definition) is 4. The van der Waals surface area contributed by atoms with Gasteiger partial charge in [0, 0.05) is 26.8 Å². The number of carbonyl (C=O) groups excluding carboxylic acids is 1. The second kappa shape index (κ2) is 5.95. The maximum Gasteiger partial charge on any atom is 0.265 e. The quantitative estimate of drug-likeness (QED) is 0.862. The van der Waals surface area contributed by atoms with E-state index in [1.165, 1.54) is 11.3 Å². The first-order chi connectivity index (χ1) is 9.13. The van der Waals surface area contributed by atoms with Crippen LogP contribution < -0.4 is 0 Å². The van der Waals surface area contributed by atoms with Crippen molar-refractivity contribution in [2.75, 3.05) is 21.2 Å². The fourth-order valence-corrected chi connectivity index (χ4v) is 2.76. The molecule has 0 fully saturated rings. The minimum absolute atomic E-state index is 0.0354. The van der Waals surface area contributed by atoms with E-state index in [-0.39, 0.29) is 5.91 Å². The van der Waals surface area contributed by atoms with Gasteiger partial charge in [0.15, 0.2) is 0 Å². The molecule has 0 saturated heterocycles. The third-order valence-electron chi connectivity index (χ3n) is 2.60. The van der Waals surface area contributed by atoms with Gasteiger partial charge in [-0.25, -0.2) is 4.98 Å². The van der Waals surface area contributed by atoms with Crippen molar-refractivity contribution >= 4 is 17.2 Å². The fraction of sp³-hybridized carbons (Fsp3) is 0.286. The van der Waals surface area contributed by atoms with Gasteiger partial charge in [0.1, 0.15) is 9.88 Å². The molecule has 0 aliphatic carbocycles. The number of thiazole rings is 1. The molecular formula is C14H16N2O2S. The van der Waals surface area contributed by atoms with Crippen LogP contribution in [0.4, 0.5) is 0 Å². The zero-order valence-corrected chi connectivity index (χ0v) is 12.0. The van der Waals surface area contributed by atoms with E-state index in [1.807, 2.05) is 30.3 Å². The summed E-state index contributed by atoms with van der Waals surface area (Å²) in [5.74, 6) is -0.0354. The lowest BCUT2D eigenvalue weighted by molar-refractivity contribution is 0.0827. The van der Waals surface area contributed by atoms with E-state index in [9.17, 15) is 4.79 Å². The van der Waals surface area contributed by atoms with Gasteiger partial charge in [-0.05, 0) is 0 Å². The molecule has 0 radical (unpaired) electrons. The van der Waals surface area contributed by atoms with Gasteiger partial charge in [0.25, 0.3) is 5.91 Å². The summed E-state index contributed by atoms with van der Waals surface area (Å²) in [4.78, 5) is 18.8. The number of carbonyl (C=O) groups is 1. The van der Waals surface area contributed by atoms with E-state index < -0.39 is 0 Å². The first-order valence-electron chi connectivity index (χ1n) is 5.89. The van der Waals surface area contributed by atoms with Crippen molar-refractivity contribution in [3.05, 3.63) is 40.9 Å². The van der Waals surface area contributed by atoms with Crippen LogP contribution >= 0.6 is 11.3 Å². The van der Waals surface area contributed by atoms with E-state index >= 15 is 0 Å². The molecule has 4 nitrogen and oxygen atoms in total. The van der Waals surface area contributed by atoms with Crippen molar-refractivity contribution in [3.63, 3.8) is 0 Å². The minimum Gasteiger partial charge on any atom is -0.378 e. The Hall–Kier alpha value is -1.72. The third kappa shape index (κ3) is 3.00. The van der Waals surface area contributed by atoms with Crippen molar-refractivity contribution in [2.24, 2.45) is 0 Å². The summed E-state index contributed by atoms with van der Waals surface area (Å²) in [6, 6.07) is 9.85. The number of hydrogen-bond donors (Lipinski definition) is 0. The van der Waals surface area contributed by atoms with Gasteiger partial charge in [0.05, 0.1) is 12.3 Å². The van der Waals surface area contributed by atoms with E-state index in [0.717, 1.165) is 10.6 Å². The van der Waals surface area contributed by atoms with E-state index in [4.69, 9.17) is 4.74 Å². The van der Waals surface area contributed by atoms with Gasteiger partial charge < -0.3 is 9.64 Å². The number of amides is 1. The molecule has 0 aliphatic heterocycles. The second-order valence-corrected chi connectivity index (χ2v) is 5.29. The summed E-state index contributed by atoms with van der Waals surface area (Å²) in [5.41, 5.74) is 1.72. The molecule has 0 atom stereocenters.